The summed E-state index contributed by atoms with van der Waals surface area (Å²) in [7, 11) is 4.94. The highest BCUT2D eigenvalue weighted by atomic mass is 16.3. The molecule has 0 saturated carbocycles. The highest BCUT2D eigenvalue weighted by Gasteiger charge is 1.75. The minimum atomic E-state index is 1.34. The molecule has 0 aliphatic rings. The summed E-state index contributed by atoms with van der Waals surface area (Å²) in [5, 5.41) is 0. The van der Waals surface area contributed by atoms with Gasteiger partial charge in [-0.1, -0.05) is 13.2 Å². The molecule has 0 radical (unpaired) electrons. The van der Waals surface area contributed by atoms with Gasteiger partial charge in [0.15, 0.2) is 6.39 Å². The molecular formula is C5H12B3NO. The van der Waals surface area contributed by atoms with Crippen LogP contribution >= 0.6 is 0 Å². The number of nitrogens with zero attached hydrogens (tertiary/aromatic N) is 1. The summed E-state index contributed by atoms with van der Waals surface area (Å²) in [5.74, 6) is 0. The van der Waals surface area contributed by atoms with Crippen molar-refractivity contribution in [2.45, 2.75) is 13.2 Å². The second-order valence-electron chi connectivity index (χ2n) is 2.03. The van der Waals surface area contributed by atoms with Crippen molar-refractivity contribution < 1.29 is 4.42 Å². The summed E-state index contributed by atoms with van der Waals surface area (Å²) >= 11 is 0. The molecule has 0 amide bonds. The van der Waals surface area contributed by atoms with E-state index in [1.165, 1.54) is 33.2 Å². The maximum Gasteiger partial charge on any atom is 0.180 e. The highest BCUT2D eigenvalue weighted by molar-refractivity contribution is 7.23. The Morgan fingerprint density at radius 1 is 1.70 bits per heavy atom. The predicted octanol–water partition coefficient (Wildman–Crippen LogP) is -0.565. The molecule has 0 atom stereocenters. The van der Waals surface area contributed by atoms with Gasteiger partial charge in [0, 0.05) is 0 Å². The van der Waals surface area contributed by atoms with Gasteiger partial charge in [0.25, 0.3) is 0 Å². The first-order chi connectivity index (χ1) is 4.91. The Hall–Kier alpha value is -0.595. The fourth-order valence-electron chi connectivity index (χ4n) is 0.529. The Labute approximate surface area is 64.3 Å². The number of rotatable bonds is 2. The van der Waals surface area contributed by atoms with E-state index in [1.54, 1.807) is 6.20 Å². The van der Waals surface area contributed by atoms with Crippen LogP contribution in [0.3, 0.4) is 0 Å². The number of oxazole rings is 1. The van der Waals surface area contributed by atoms with Crippen LogP contribution in [0.2, 0.25) is 6.32 Å². The van der Waals surface area contributed by atoms with Crippen LogP contribution in [0.1, 0.15) is 6.92 Å². The van der Waals surface area contributed by atoms with E-state index in [2.05, 4.69) is 24.1 Å². The highest BCUT2D eigenvalue weighted by Crippen LogP contribution is 1.72. The Balaban J connectivity index is 0.000000162. The summed E-state index contributed by atoms with van der Waals surface area (Å²) < 4.78 is 4.47. The molecule has 0 unspecified atom stereocenters. The van der Waals surface area contributed by atoms with Crippen molar-refractivity contribution in [3.05, 3.63) is 18.9 Å². The minimum Gasteiger partial charge on any atom is -0.452 e. The molecule has 52 valence electrons. The third kappa shape index (κ3) is 7.40. The lowest BCUT2D eigenvalue weighted by molar-refractivity contribution is 0.558. The van der Waals surface area contributed by atoms with E-state index < -0.39 is 0 Å². The van der Waals surface area contributed by atoms with Crippen molar-refractivity contribution in [2.75, 3.05) is 0 Å². The first-order valence-electron chi connectivity index (χ1n) is 3.74. The van der Waals surface area contributed by atoms with Gasteiger partial charge in [-0.2, -0.15) is 0 Å². The maximum absolute atomic E-state index is 4.47. The topological polar surface area (TPSA) is 26.0 Å². The zero-order chi connectivity index (χ0) is 7.66. The summed E-state index contributed by atoms with van der Waals surface area (Å²) in [4.78, 5) is 3.56. The van der Waals surface area contributed by atoms with E-state index in [0.29, 0.717) is 0 Å². The van der Waals surface area contributed by atoms with Crippen LogP contribution in [0.5, 0.6) is 0 Å². The monoisotopic (exact) mass is 135 g/mol. The van der Waals surface area contributed by atoms with Gasteiger partial charge in [0.1, 0.15) is 6.26 Å². The molecule has 1 aromatic heterocycles. The van der Waals surface area contributed by atoms with E-state index in [9.17, 15) is 0 Å². The standard InChI is InChI=1S/C3H3NO.C2H9B3/c1-2-5-3-4-1;1-2-4-5-3/h1-3H;4-5H,2-3H2,1H3. The van der Waals surface area contributed by atoms with Gasteiger partial charge in [-0.25, -0.2) is 4.98 Å². The first kappa shape index (κ1) is 9.40. The zero-order valence-corrected chi connectivity index (χ0v) is 6.71. The van der Waals surface area contributed by atoms with Crippen LogP contribution in [-0.2, 0) is 0 Å². The van der Waals surface area contributed by atoms with Gasteiger partial charge in [0.05, 0.1) is 28.2 Å². The summed E-state index contributed by atoms with van der Waals surface area (Å²) in [5.41, 5.74) is 0. The van der Waals surface area contributed by atoms with Crippen LogP contribution in [0.25, 0.3) is 0 Å². The van der Waals surface area contributed by atoms with Crippen LogP contribution < -0.4 is 0 Å². The molecule has 1 rings (SSSR count). The fourth-order valence-corrected chi connectivity index (χ4v) is 0.529. The van der Waals surface area contributed by atoms with Gasteiger partial charge in [-0.15, -0.1) is 0 Å². The van der Waals surface area contributed by atoms with Crippen LogP contribution in [0.15, 0.2) is 23.3 Å². The number of aromatic nitrogens is 1. The maximum atomic E-state index is 4.47. The predicted molar refractivity (Wildman–Crippen MR) is 49.8 cm³/mol. The lowest BCUT2D eigenvalue weighted by Gasteiger charge is -1.72. The molecule has 0 fully saturated rings. The van der Waals surface area contributed by atoms with Crippen molar-refractivity contribution in [1.82, 2.24) is 4.98 Å². The Morgan fingerprint density at radius 2 is 2.50 bits per heavy atom. The van der Waals surface area contributed by atoms with Crippen LogP contribution in [0, 0.1) is 0 Å². The fraction of sp³-hybridized carbons (Fsp3) is 0.400. The van der Waals surface area contributed by atoms with Crippen molar-refractivity contribution in [3.8, 4) is 0 Å². The Bertz CT molecular complexity index is 103. The molecule has 10 heavy (non-hydrogen) atoms. The van der Waals surface area contributed by atoms with E-state index in [-0.39, 0.29) is 0 Å². The molecule has 0 saturated heterocycles. The molecule has 2 nitrogen and oxygen atoms in total. The molecular weight excluding hydrogens is 122 g/mol. The molecule has 0 aromatic carbocycles. The average Bonchev–Trinajstić information content (AvgIpc) is 2.44. The summed E-state index contributed by atoms with van der Waals surface area (Å²) in [6, 6.07) is 0. The second kappa shape index (κ2) is 8.40. The second-order valence-corrected chi connectivity index (χ2v) is 2.03. The van der Waals surface area contributed by atoms with Crippen molar-refractivity contribution in [2.24, 2.45) is 0 Å². The lowest BCUT2D eigenvalue weighted by atomic mass is 9.27. The van der Waals surface area contributed by atoms with Gasteiger partial charge < -0.3 is 4.42 Å². The van der Waals surface area contributed by atoms with Crippen LogP contribution in [-0.4, -0.2) is 27.0 Å². The minimum absolute atomic E-state index is 1.34. The number of hydrogen-bond acceptors (Lipinski definition) is 2. The van der Waals surface area contributed by atoms with E-state index >= 15 is 0 Å². The smallest absolute Gasteiger partial charge is 0.180 e. The quantitative estimate of drug-likeness (QED) is 0.507. The summed E-state index contributed by atoms with van der Waals surface area (Å²) in [6.45, 7) is 2.21. The van der Waals surface area contributed by atoms with E-state index in [0.717, 1.165) is 0 Å². The normalized spacial score (nSPS) is 7.30. The molecule has 0 spiro atoms. The molecule has 0 aliphatic carbocycles. The Kier molecular flexibility index (Phi) is 7.90. The average molecular weight is 135 g/mol. The lowest BCUT2D eigenvalue weighted by Crippen LogP contribution is -1.98. The zero-order valence-electron chi connectivity index (χ0n) is 6.71. The molecule has 0 bridgehead atoms. The molecule has 0 N–H and O–H groups in total. The first-order valence-corrected chi connectivity index (χ1v) is 3.74. The summed E-state index contributed by atoms with van der Waals surface area (Å²) in [6.07, 6.45) is 5.82. The van der Waals surface area contributed by atoms with Gasteiger partial charge >= 0.3 is 0 Å². The van der Waals surface area contributed by atoms with Crippen molar-refractivity contribution >= 4 is 22.0 Å². The molecule has 0 aliphatic heterocycles. The van der Waals surface area contributed by atoms with Gasteiger partial charge in [0.2, 0.25) is 0 Å². The molecule has 1 heterocycles. The molecule has 1 aromatic rings. The van der Waals surface area contributed by atoms with E-state index in [1.807, 2.05) is 0 Å². The third-order valence-electron chi connectivity index (χ3n) is 1.05. The van der Waals surface area contributed by atoms with Crippen molar-refractivity contribution in [3.63, 3.8) is 0 Å². The SMILES string of the molecule is BBBCC.c1cocn1. The third-order valence-corrected chi connectivity index (χ3v) is 1.05. The Morgan fingerprint density at radius 3 is 2.60 bits per heavy atom. The molecule has 5 heteroatoms. The van der Waals surface area contributed by atoms with Crippen molar-refractivity contribution in [1.29, 1.82) is 0 Å². The largest absolute Gasteiger partial charge is 0.452 e. The van der Waals surface area contributed by atoms with E-state index in [4.69, 9.17) is 0 Å². The number of hydrogen-bond donors (Lipinski definition) is 0. The van der Waals surface area contributed by atoms with Crippen LogP contribution in [0.4, 0.5) is 0 Å². The van der Waals surface area contributed by atoms with Gasteiger partial charge in [-0.05, 0) is 0 Å². The van der Waals surface area contributed by atoms with Gasteiger partial charge in [-0.3, -0.25) is 0 Å².